The lowest BCUT2D eigenvalue weighted by molar-refractivity contribution is -0.0317. The Bertz CT molecular complexity index is 556. The lowest BCUT2D eigenvalue weighted by Gasteiger charge is -2.29. The zero-order valence-corrected chi connectivity index (χ0v) is 12.8. The molecule has 7 nitrogen and oxygen atoms in total. The largest absolute Gasteiger partial charge is 0.460 e. The molecule has 7 heteroatoms. The van der Waals surface area contributed by atoms with E-state index >= 15 is 0 Å². The molecule has 0 aliphatic heterocycles. The van der Waals surface area contributed by atoms with Gasteiger partial charge in [0.15, 0.2) is 0 Å². The van der Waals surface area contributed by atoms with Crippen molar-refractivity contribution in [3.8, 4) is 0 Å². The van der Waals surface area contributed by atoms with Crippen LogP contribution >= 0.6 is 0 Å². The molecule has 0 spiro atoms. The Morgan fingerprint density at radius 3 is 2.82 bits per heavy atom. The van der Waals surface area contributed by atoms with Crippen LogP contribution in [0.5, 0.6) is 0 Å². The molecule has 1 heterocycles. The number of hydrogen-bond acceptors (Lipinski definition) is 7. The molecule has 2 aliphatic carbocycles. The van der Waals surface area contributed by atoms with E-state index in [0.717, 1.165) is 12.8 Å². The van der Waals surface area contributed by atoms with Crippen molar-refractivity contribution in [2.45, 2.75) is 38.9 Å². The number of rotatable bonds is 5. The first-order valence-electron chi connectivity index (χ1n) is 7.75. The van der Waals surface area contributed by atoms with Crippen molar-refractivity contribution in [2.75, 3.05) is 18.5 Å². The molecule has 2 saturated carbocycles. The maximum atomic E-state index is 11.7. The van der Waals surface area contributed by atoms with Gasteiger partial charge in [-0.05, 0) is 44.4 Å². The minimum atomic E-state index is -0.632. The van der Waals surface area contributed by atoms with E-state index in [1.54, 1.807) is 13.8 Å². The van der Waals surface area contributed by atoms with E-state index in [1.165, 1.54) is 0 Å². The highest BCUT2D eigenvalue weighted by Crippen LogP contribution is 2.48. The summed E-state index contributed by atoms with van der Waals surface area (Å²) in [5.74, 6) is 0.190. The maximum Gasteiger partial charge on any atom is 0.376 e. The Hall–Kier alpha value is -1.60. The van der Waals surface area contributed by atoms with Crippen LogP contribution in [-0.2, 0) is 4.74 Å². The lowest BCUT2D eigenvalue weighted by atomic mass is 9.85. The monoisotopic (exact) mass is 310 g/mol. The molecule has 2 aliphatic rings. The van der Waals surface area contributed by atoms with E-state index in [4.69, 9.17) is 9.15 Å². The molecule has 0 amide bonds. The Labute approximate surface area is 128 Å². The molecule has 2 fully saturated rings. The summed E-state index contributed by atoms with van der Waals surface area (Å²) < 4.78 is 10.3. The fraction of sp³-hybridized carbons (Fsp3) is 0.733. The van der Waals surface area contributed by atoms with Gasteiger partial charge in [-0.25, -0.2) is 4.79 Å². The summed E-state index contributed by atoms with van der Waals surface area (Å²) in [6.07, 6.45) is 0.542. The van der Waals surface area contributed by atoms with Crippen molar-refractivity contribution in [3.05, 3.63) is 11.5 Å². The first-order chi connectivity index (χ1) is 10.5. The van der Waals surface area contributed by atoms with Crippen LogP contribution in [0, 0.1) is 24.7 Å². The molecule has 3 N–H and O–H groups in total. The quantitative estimate of drug-likeness (QED) is 0.695. The highest BCUT2D eigenvalue weighted by molar-refractivity contribution is 5.87. The number of esters is 1. The molecule has 0 aromatic carbocycles. The van der Waals surface area contributed by atoms with E-state index in [1.807, 2.05) is 0 Å². The second-order valence-corrected chi connectivity index (χ2v) is 6.17. The number of nitrogens with one attached hydrogen (secondary N) is 1. The molecule has 0 unspecified atom stereocenters. The number of aliphatic hydroxyl groups is 2. The molecular formula is C15H22N2O5. The smallest absolute Gasteiger partial charge is 0.376 e. The molecule has 3 rings (SSSR count). The van der Waals surface area contributed by atoms with Crippen LogP contribution < -0.4 is 5.32 Å². The predicted molar refractivity (Wildman–Crippen MR) is 77.4 cm³/mol. The van der Waals surface area contributed by atoms with E-state index < -0.39 is 18.2 Å². The van der Waals surface area contributed by atoms with Gasteiger partial charge in [0, 0.05) is 6.54 Å². The van der Waals surface area contributed by atoms with Gasteiger partial charge in [-0.3, -0.25) is 0 Å². The number of carbonyl (C=O) groups excluding carboxylic acids is 1. The van der Waals surface area contributed by atoms with Gasteiger partial charge in [0.1, 0.15) is 0 Å². The van der Waals surface area contributed by atoms with Crippen LogP contribution in [0.3, 0.4) is 0 Å². The van der Waals surface area contributed by atoms with Gasteiger partial charge in [0.2, 0.25) is 5.76 Å². The first kappa shape index (κ1) is 15.3. The van der Waals surface area contributed by atoms with Crippen LogP contribution in [0.15, 0.2) is 4.42 Å². The summed E-state index contributed by atoms with van der Waals surface area (Å²) in [6.45, 7) is 4.32. The summed E-state index contributed by atoms with van der Waals surface area (Å²) in [7, 11) is 0. The zero-order valence-electron chi connectivity index (χ0n) is 12.8. The van der Waals surface area contributed by atoms with Crippen LogP contribution in [-0.4, -0.2) is 46.5 Å². The second-order valence-electron chi connectivity index (χ2n) is 6.17. The Morgan fingerprint density at radius 2 is 2.18 bits per heavy atom. The number of fused-ring (bicyclic) bond motifs is 2. The third kappa shape index (κ3) is 2.59. The summed E-state index contributed by atoms with van der Waals surface area (Å²) >= 11 is 0. The number of anilines is 1. The average molecular weight is 310 g/mol. The number of aliphatic hydroxyl groups excluding tert-OH is 2. The van der Waals surface area contributed by atoms with Crippen molar-refractivity contribution < 1.29 is 24.2 Å². The molecular weight excluding hydrogens is 288 g/mol. The number of carbonyl (C=O) groups is 1. The van der Waals surface area contributed by atoms with Crippen LogP contribution in [0.4, 0.5) is 6.01 Å². The van der Waals surface area contributed by atoms with Gasteiger partial charge in [-0.15, -0.1) is 0 Å². The number of hydrogen-bond donors (Lipinski definition) is 3. The van der Waals surface area contributed by atoms with Crippen LogP contribution in [0.25, 0.3) is 0 Å². The number of nitrogens with zero attached hydrogens (tertiary/aromatic N) is 1. The van der Waals surface area contributed by atoms with Crippen molar-refractivity contribution >= 4 is 12.0 Å². The molecule has 5 atom stereocenters. The van der Waals surface area contributed by atoms with Crippen molar-refractivity contribution in [1.29, 1.82) is 0 Å². The molecule has 22 heavy (non-hydrogen) atoms. The third-order valence-electron chi connectivity index (χ3n) is 4.83. The van der Waals surface area contributed by atoms with Crippen LogP contribution in [0.2, 0.25) is 0 Å². The normalized spacial score (nSPS) is 33.2. The average Bonchev–Trinajstić information content (AvgIpc) is 3.13. The standard InChI is InChI=1S/C15H22N2O5/c1-3-21-14(20)13-7(2)17-15(22-13)16-6-9-4-8-5-10(9)12(19)11(8)18/h8-12,18-19H,3-6H2,1-2H3,(H,16,17)/t8-,9-,10-,11+,12-/m0/s1. The van der Waals surface area contributed by atoms with Gasteiger partial charge in [0.25, 0.3) is 6.01 Å². The fourth-order valence-electron chi connectivity index (χ4n) is 3.74. The SMILES string of the molecule is CCOC(=O)c1oc(NC[C@@H]2C[C@H]3C[C@@H]2[C@H](O)[C@@H]3O)nc1C. The van der Waals surface area contributed by atoms with Crippen molar-refractivity contribution in [1.82, 2.24) is 4.98 Å². The zero-order chi connectivity index (χ0) is 15.9. The number of oxazole rings is 1. The van der Waals surface area contributed by atoms with Crippen molar-refractivity contribution in [2.24, 2.45) is 17.8 Å². The van der Waals surface area contributed by atoms with E-state index in [2.05, 4.69) is 10.3 Å². The third-order valence-corrected chi connectivity index (χ3v) is 4.83. The van der Waals surface area contributed by atoms with E-state index in [-0.39, 0.29) is 30.1 Å². The molecule has 2 bridgehead atoms. The highest BCUT2D eigenvalue weighted by atomic mass is 16.5. The minimum Gasteiger partial charge on any atom is -0.460 e. The Kier molecular flexibility index (Phi) is 4.10. The van der Waals surface area contributed by atoms with Gasteiger partial charge in [-0.1, -0.05) is 0 Å². The minimum absolute atomic E-state index is 0.118. The second kappa shape index (κ2) is 5.89. The van der Waals surface area contributed by atoms with Gasteiger partial charge >= 0.3 is 5.97 Å². The first-order valence-corrected chi connectivity index (χ1v) is 7.75. The molecule has 1 aromatic rings. The highest BCUT2D eigenvalue weighted by Gasteiger charge is 2.51. The summed E-state index contributed by atoms with van der Waals surface area (Å²) in [6, 6.07) is 0.290. The lowest BCUT2D eigenvalue weighted by Crippen LogP contribution is -2.38. The van der Waals surface area contributed by atoms with Gasteiger partial charge in [0.05, 0.1) is 24.5 Å². The van der Waals surface area contributed by atoms with Gasteiger partial charge in [-0.2, -0.15) is 4.98 Å². The topological polar surface area (TPSA) is 105 Å². The Morgan fingerprint density at radius 1 is 1.41 bits per heavy atom. The van der Waals surface area contributed by atoms with Crippen LogP contribution in [0.1, 0.15) is 36.0 Å². The molecule has 122 valence electrons. The fourth-order valence-corrected chi connectivity index (χ4v) is 3.74. The molecule has 1 aromatic heterocycles. The number of aryl methyl sites for hydroxylation is 1. The van der Waals surface area contributed by atoms with Crippen molar-refractivity contribution in [3.63, 3.8) is 0 Å². The Balaban J connectivity index is 1.59. The maximum absolute atomic E-state index is 11.7. The summed E-state index contributed by atoms with van der Waals surface area (Å²) in [5.41, 5.74) is 0.490. The van der Waals surface area contributed by atoms with E-state index in [0.29, 0.717) is 18.3 Å². The van der Waals surface area contributed by atoms with E-state index in [9.17, 15) is 15.0 Å². The number of ether oxygens (including phenoxy) is 1. The summed E-state index contributed by atoms with van der Waals surface area (Å²) in [4.78, 5) is 15.9. The predicted octanol–water partition coefficient (Wildman–Crippen LogP) is 0.949. The van der Waals surface area contributed by atoms with Gasteiger partial charge < -0.3 is 24.7 Å². The molecule has 0 radical (unpaired) electrons. The summed E-state index contributed by atoms with van der Waals surface area (Å²) in [5, 5.41) is 22.8. The number of aromatic nitrogens is 1. The molecule has 0 saturated heterocycles.